The second-order valence-electron chi connectivity index (χ2n) is 7.49. The van der Waals surface area contributed by atoms with Gasteiger partial charge in [0.05, 0.1) is 29.0 Å². The van der Waals surface area contributed by atoms with Crippen LogP contribution in [0.4, 0.5) is 11.4 Å². The van der Waals surface area contributed by atoms with Crippen molar-refractivity contribution in [3.8, 4) is 26.9 Å². The number of hydrogen-bond donors (Lipinski definition) is 2. The predicted octanol–water partition coefficient (Wildman–Crippen LogP) is 5.27. The molecule has 0 spiro atoms. The van der Waals surface area contributed by atoms with Gasteiger partial charge < -0.3 is 15.4 Å². The molecule has 178 valence electrons. The number of aryl methyl sites for hydroxylation is 1. The molecule has 2 N–H and O–H groups in total. The van der Waals surface area contributed by atoms with Crippen LogP contribution in [0.5, 0.6) is 5.75 Å². The van der Waals surface area contributed by atoms with Crippen molar-refractivity contribution in [3.05, 3.63) is 66.4 Å². The van der Waals surface area contributed by atoms with Crippen LogP contribution >= 0.6 is 23.1 Å². The summed E-state index contributed by atoms with van der Waals surface area (Å²) in [6, 6.07) is 18.4. The quantitative estimate of drug-likeness (QED) is 0.314. The van der Waals surface area contributed by atoms with Gasteiger partial charge in [0.2, 0.25) is 11.8 Å². The van der Waals surface area contributed by atoms with E-state index < -0.39 is 0 Å². The summed E-state index contributed by atoms with van der Waals surface area (Å²) in [5.74, 6) is 0.659. The average molecular weight is 506 g/mol. The van der Waals surface area contributed by atoms with Crippen LogP contribution in [0, 0.1) is 6.92 Å². The molecule has 8 nitrogen and oxygen atoms in total. The van der Waals surface area contributed by atoms with Crippen LogP contribution in [0.1, 0.15) is 12.6 Å². The van der Waals surface area contributed by atoms with Crippen LogP contribution in [0.15, 0.2) is 65.7 Å². The van der Waals surface area contributed by atoms with E-state index in [0.29, 0.717) is 16.4 Å². The molecule has 4 rings (SSSR count). The number of carbonyl (C=O) groups excluding carboxylic acids is 2. The van der Waals surface area contributed by atoms with E-state index in [1.165, 1.54) is 30.0 Å². The highest BCUT2D eigenvalue weighted by Gasteiger charge is 2.16. The highest BCUT2D eigenvalue weighted by atomic mass is 32.2. The van der Waals surface area contributed by atoms with Gasteiger partial charge in [0, 0.05) is 18.3 Å². The third-order valence-corrected chi connectivity index (χ3v) is 6.98. The minimum atomic E-state index is -0.159. The van der Waals surface area contributed by atoms with Crippen LogP contribution in [-0.4, -0.2) is 39.9 Å². The Balaban J connectivity index is 1.37. The lowest BCUT2D eigenvalue weighted by Crippen LogP contribution is -2.14. The normalized spacial score (nSPS) is 10.6. The van der Waals surface area contributed by atoms with E-state index in [-0.39, 0.29) is 17.6 Å². The van der Waals surface area contributed by atoms with E-state index >= 15 is 0 Å². The summed E-state index contributed by atoms with van der Waals surface area (Å²) in [6.45, 7) is 3.39. The molecule has 0 atom stereocenters. The monoisotopic (exact) mass is 505 g/mol. The van der Waals surface area contributed by atoms with E-state index in [1.54, 1.807) is 31.4 Å². The molecule has 2 amide bonds. The molecule has 2 aromatic carbocycles. The first-order valence-corrected chi connectivity index (χ1v) is 12.5. The van der Waals surface area contributed by atoms with Gasteiger partial charge in [-0.2, -0.15) is 0 Å². The summed E-state index contributed by atoms with van der Waals surface area (Å²) in [5.41, 5.74) is 3.86. The number of para-hydroxylation sites is 1. The largest absolute Gasteiger partial charge is 0.496 e. The standard InChI is InChI=1S/C25H23N5O3S2/c1-15-24(35-25(26-15)19-6-4-5-7-21(19)33-3)20-12-13-23(30-29-20)34-14-22(32)28-18-10-8-17(9-11-18)27-16(2)31/h4-13H,14H2,1-3H3,(H,27,31)(H,28,32). The fraction of sp³-hybridized carbons (Fsp3) is 0.160. The molecule has 10 heteroatoms. The number of ether oxygens (including phenoxy) is 1. The number of amides is 2. The zero-order valence-corrected chi connectivity index (χ0v) is 21.0. The summed E-state index contributed by atoms with van der Waals surface area (Å²) in [4.78, 5) is 29.0. The molecular formula is C25H23N5O3S2. The molecule has 2 heterocycles. The Kier molecular flexibility index (Phi) is 7.74. The van der Waals surface area contributed by atoms with Gasteiger partial charge in [0.25, 0.3) is 0 Å². The lowest BCUT2D eigenvalue weighted by atomic mass is 10.2. The maximum Gasteiger partial charge on any atom is 0.234 e. The van der Waals surface area contributed by atoms with Crippen LogP contribution in [0.25, 0.3) is 21.1 Å². The first-order chi connectivity index (χ1) is 16.9. The van der Waals surface area contributed by atoms with E-state index in [0.717, 1.165) is 32.6 Å². The number of benzene rings is 2. The Morgan fingerprint density at radius 2 is 1.69 bits per heavy atom. The van der Waals surface area contributed by atoms with Crippen LogP contribution < -0.4 is 15.4 Å². The molecule has 35 heavy (non-hydrogen) atoms. The average Bonchev–Trinajstić information content (AvgIpc) is 3.25. The molecule has 0 aliphatic heterocycles. The number of rotatable bonds is 8. The van der Waals surface area contributed by atoms with Gasteiger partial charge in [0.15, 0.2) is 0 Å². The Labute approximate surface area is 211 Å². The fourth-order valence-corrected chi connectivity index (χ4v) is 4.94. The van der Waals surface area contributed by atoms with Crippen molar-refractivity contribution in [2.24, 2.45) is 0 Å². The summed E-state index contributed by atoms with van der Waals surface area (Å²) in [7, 11) is 1.65. The second-order valence-corrected chi connectivity index (χ2v) is 9.48. The van der Waals surface area contributed by atoms with Crippen LogP contribution in [0.3, 0.4) is 0 Å². The van der Waals surface area contributed by atoms with Crippen molar-refractivity contribution in [2.75, 3.05) is 23.5 Å². The van der Waals surface area contributed by atoms with Gasteiger partial charge in [-0.15, -0.1) is 21.5 Å². The van der Waals surface area contributed by atoms with Crippen molar-refractivity contribution >= 4 is 46.3 Å². The molecule has 0 aliphatic carbocycles. The molecule has 0 fully saturated rings. The number of methoxy groups -OCH3 is 1. The van der Waals surface area contributed by atoms with Gasteiger partial charge in [-0.05, 0) is 55.5 Å². The molecule has 4 aromatic rings. The van der Waals surface area contributed by atoms with Gasteiger partial charge in [-0.3, -0.25) is 9.59 Å². The number of nitrogens with zero attached hydrogens (tertiary/aromatic N) is 3. The Morgan fingerprint density at radius 3 is 2.34 bits per heavy atom. The first-order valence-electron chi connectivity index (χ1n) is 10.7. The van der Waals surface area contributed by atoms with Gasteiger partial charge in [-0.1, -0.05) is 23.9 Å². The zero-order valence-electron chi connectivity index (χ0n) is 19.4. The number of thiazole rings is 1. The number of hydrogen-bond acceptors (Lipinski definition) is 8. The van der Waals surface area contributed by atoms with E-state index in [2.05, 4.69) is 20.8 Å². The van der Waals surface area contributed by atoms with Gasteiger partial charge in [-0.25, -0.2) is 4.98 Å². The van der Waals surface area contributed by atoms with E-state index in [9.17, 15) is 9.59 Å². The van der Waals surface area contributed by atoms with Crippen LogP contribution in [0.2, 0.25) is 0 Å². The van der Waals surface area contributed by atoms with Crippen molar-refractivity contribution in [1.29, 1.82) is 0 Å². The van der Waals surface area contributed by atoms with Crippen LogP contribution in [-0.2, 0) is 9.59 Å². The predicted molar refractivity (Wildman–Crippen MR) is 140 cm³/mol. The molecule has 0 radical (unpaired) electrons. The smallest absolute Gasteiger partial charge is 0.234 e. The number of thioether (sulfide) groups is 1. The molecule has 0 saturated heterocycles. The SMILES string of the molecule is COc1ccccc1-c1nc(C)c(-c2ccc(SCC(=O)Nc3ccc(NC(C)=O)cc3)nn2)s1. The number of nitrogens with one attached hydrogen (secondary N) is 2. The van der Waals surface area contributed by atoms with Crippen molar-refractivity contribution in [2.45, 2.75) is 18.9 Å². The van der Waals surface area contributed by atoms with Crippen molar-refractivity contribution in [3.63, 3.8) is 0 Å². The third kappa shape index (κ3) is 6.23. The fourth-order valence-electron chi connectivity index (χ4n) is 3.27. The lowest BCUT2D eigenvalue weighted by molar-refractivity contribution is -0.114. The Bertz CT molecular complexity index is 1340. The summed E-state index contributed by atoms with van der Waals surface area (Å²) in [6.07, 6.45) is 0. The molecular weight excluding hydrogens is 482 g/mol. The highest BCUT2D eigenvalue weighted by Crippen LogP contribution is 2.38. The number of aromatic nitrogens is 3. The van der Waals surface area contributed by atoms with Crippen molar-refractivity contribution < 1.29 is 14.3 Å². The molecule has 0 bridgehead atoms. The zero-order chi connectivity index (χ0) is 24.8. The maximum atomic E-state index is 12.3. The maximum absolute atomic E-state index is 12.3. The Morgan fingerprint density at radius 1 is 0.971 bits per heavy atom. The summed E-state index contributed by atoms with van der Waals surface area (Å²) >= 11 is 2.84. The lowest BCUT2D eigenvalue weighted by Gasteiger charge is -2.07. The summed E-state index contributed by atoms with van der Waals surface area (Å²) in [5, 5.41) is 15.7. The Hall–Kier alpha value is -3.76. The number of anilines is 2. The molecule has 0 unspecified atom stereocenters. The third-order valence-electron chi connectivity index (χ3n) is 4.85. The molecule has 0 saturated carbocycles. The van der Waals surface area contributed by atoms with Gasteiger partial charge in [0.1, 0.15) is 21.5 Å². The van der Waals surface area contributed by atoms with Gasteiger partial charge >= 0.3 is 0 Å². The minimum Gasteiger partial charge on any atom is -0.496 e. The topological polar surface area (TPSA) is 106 Å². The summed E-state index contributed by atoms with van der Waals surface area (Å²) < 4.78 is 5.46. The van der Waals surface area contributed by atoms with E-state index in [1.807, 2.05) is 43.3 Å². The molecule has 0 aliphatic rings. The second kappa shape index (κ2) is 11.1. The highest BCUT2D eigenvalue weighted by molar-refractivity contribution is 7.99. The van der Waals surface area contributed by atoms with Crippen molar-refractivity contribution in [1.82, 2.24) is 15.2 Å². The first kappa shape index (κ1) is 24.4. The minimum absolute atomic E-state index is 0.146. The molecule has 2 aromatic heterocycles. The number of carbonyl (C=O) groups is 2. The van der Waals surface area contributed by atoms with E-state index in [4.69, 9.17) is 9.72 Å².